The molecule has 0 aliphatic rings. The van der Waals surface area contributed by atoms with E-state index in [9.17, 15) is 0 Å². The van der Waals surface area contributed by atoms with Gasteiger partial charge in [-0.25, -0.2) is 0 Å². The van der Waals surface area contributed by atoms with Gasteiger partial charge in [0.2, 0.25) is 0 Å². The van der Waals surface area contributed by atoms with Crippen LogP contribution in [0.4, 0.5) is 45.5 Å². The van der Waals surface area contributed by atoms with E-state index in [0.29, 0.717) is 0 Å². The van der Waals surface area contributed by atoms with E-state index in [1.165, 1.54) is 43.3 Å². The lowest BCUT2D eigenvalue weighted by Crippen LogP contribution is -1.96. The molecule has 0 fully saturated rings. The van der Waals surface area contributed by atoms with Crippen LogP contribution in [-0.4, -0.2) is 0 Å². The minimum Gasteiger partial charge on any atom is -0.355 e. The summed E-state index contributed by atoms with van der Waals surface area (Å²) in [4.78, 5) is 0. The molecule has 10 aromatic rings. The van der Waals surface area contributed by atoms with Crippen molar-refractivity contribution >= 4 is 88.6 Å². The molecule has 10 rings (SSSR count). The Morgan fingerprint density at radius 2 is 0.714 bits per heavy atom. The van der Waals surface area contributed by atoms with Crippen LogP contribution in [0.3, 0.4) is 0 Å². The monoisotopic (exact) mass is 718 g/mol. The molecule has 0 aromatic heterocycles. The number of fused-ring (bicyclic) bond motifs is 4. The van der Waals surface area contributed by atoms with Gasteiger partial charge in [-0.15, -0.1) is 0 Å². The highest BCUT2D eigenvalue weighted by atomic mass is 14.9. The highest BCUT2D eigenvalue weighted by molar-refractivity contribution is 6.04. The summed E-state index contributed by atoms with van der Waals surface area (Å²) in [5.41, 5.74) is 10.6. The highest BCUT2D eigenvalue weighted by Crippen LogP contribution is 2.38. The van der Waals surface area contributed by atoms with Gasteiger partial charge in [-0.3, -0.25) is 0 Å². The van der Waals surface area contributed by atoms with Crippen LogP contribution in [0.1, 0.15) is 0 Å². The summed E-state index contributed by atoms with van der Waals surface area (Å²) in [6.45, 7) is 0. The molecule has 10 aromatic carbocycles. The topological polar surface area (TPSA) is 48.1 Å². The summed E-state index contributed by atoms with van der Waals surface area (Å²) in [5.74, 6) is 0. The maximum atomic E-state index is 3.74. The Hall–Kier alpha value is -7.56. The molecule has 0 aliphatic carbocycles. The van der Waals surface area contributed by atoms with Gasteiger partial charge < -0.3 is 21.3 Å². The molecule has 266 valence electrons. The van der Waals surface area contributed by atoms with Crippen LogP contribution < -0.4 is 21.3 Å². The molecule has 0 bridgehead atoms. The van der Waals surface area contributed by atoms with Gasteiger partial charge in [0.15, 0.2) is 0 Å². The molecule has 4 nitrogen and oxygen atoms in total. The molecule has 4 heteroatoms. The van der Waals surface area contributed by atoms with Crippen LogP contribution in [0.5, 0.6) is 0 Å². The summed E-state index contributed by atoms with van der Waals surface area (Å²) in [6, 6.07) is 73.1. The van der Waals surface area contributed by atoms with Crippen molar-refractivity contribution < 1.29 is 0 Å². The smallest absolute Gasteiger partial charge is 0.0464 e. The average Bonchev–Trinajstić information content (AvgIpc) is 3.24. The lowest BCUT2D eigenvalue weighted by Gasteiger charge is -2.16. The van der Waals surface area contributed by atoms with Gasteiger partial charge in [0.1, 0.15) is 0 Å². The normalized spacial score (nSPS) is 11.2. The largest absolute Gasteiger partial charge is 0.355 e. The molecule has 0 saturated heterocycles. The predicted molar refractivity (Wildman–Crippen MR) is 241 cm³/mol. The Bertz CT molecular complexity index is 3050. The van der Waals surface area contributed by atoms with Gasteiger partial charge in [0.25, 0.3) is 0 Å². The predicted octanol–water partition coefficient (Wildman–Crippen LogP) is 14.9. The van der Waals surface area contributed by atoms with Gasteiger partial charge in [0.05, 0.1) is 0 Å². The summed E-state index contributed by atoms with van der Waals surface area (Å²) < 4.78 is 0. The van der Waals surface area contributed by atoms with Crippen molar-refractivity contribution in [1.29, 1.82) is 0 Å². The number of hydrogen-bond donors (Lipinski definition) is 4. The van der Waals surface area contributed by atoms with E-state index < -0.39 is 0 Å². The zero-order valence-electron chi connectivity index (χ0n) is 30.6. The number of hydrogen-bond acceptors (Lipinski definition) is 4. The molecule has 0 aliphatic heterocycles. The highest BCUT2D eigenvalue weighted by Gasteiger charge is 2.11. The van der Waals surface area contributed by atoms with Crippen molar-refractivity contribution in [3.63, 3.8) is 0 Å². The number of nitrogens with one attached hydrogen (secondary N) is 4. The summed E-state index contributed by atoms with van der Waals surface area (Å²) in [6.07, 6.45) is 0. The summed E-state index contributed by atoms with van der Waals surface area (Å²) >= 11 is 0. The zero-order valence-corrected chi connectivity index (χ0v) is 30.6. The van der Waals surface area contributed by atoms with Crippen molar-refractivity contribution in [2.45, 2.75) is 0 Å². The molecule has 0 unspecified atom stereocenters. The summed E-state index contributed by atoms with van der Waals surface area (Å²) in [7, 11) is 0. The average molecular weight is 719 g/mol. The van der Waals surface area contributed by atoms with E-state index in [1.807, 2.05) is 0 Å². The molecule has 0 heterocycles. The van der Waals surface area contributed by atoms with Gasteiger partial charge in [-0.1, -0.05) is 127 Å². The first-order valence-electron chi connectivity index (χ1n) is 19.0. The molecular formula is C52H38N4. The maximum absolute atomic E-state index is 3.74. The molecule has 56 heavy (non-hydrogen) atoms. The molecular weight excluding hydrogens is 681 g/mol. The lowest BCUT2D eigenvalue weighted by molar-refractivity contribution is 1.52. The van der Waals surface area contributed by atoms with Crippen molar-refractivity contribution in [2.24, 2.45) is 0 Å². The second kappa shape index (κ2) is 14.3. The zero-order chi connectivity index (χ0) is 37.3. The second-order valence-corrected chi connectivity index (χ2v) is 14.2. The SMILES string of the molecule is c1cc(Nc2ccc3ccccc3c2)cc(Nc2cc(-c3ccc4cccc(Nc5cccc(Nc6cccc7ccccc67)c5)c4c3)c3ccccc3c2)c1. The first-order chi connectivity index (χ1) is 27.7. The van der Waals surface area contributed by atoms with E-state index >= 15 is 0 Å². The first kappa shape index (κ1) is 33.0. The molecule has 0 radical (unpaired) electrons. The van der Waals surface area contributed by atoms with Crippen LogP contribution in [0, 0.1) is 0 Å². The molecule has 0 spiro atoms. The van der Waals surface area contributed by atoms with Crippen LogP contribution in [0.2, 0.25) is 0 Å². The Balaban J connectivity index is 0.950. The van der Waals surface area contributed by atoms with Crippen LogP contribution in [0.15, 0.2) is 206 Å². The Kier molecular flexibility index (Phi) is 8.47. The standard InChI is InChI=1S/C52H38N4/c1-2-13-38-29-45(28-27-35(38)11-1)53-41-17-9-18-42(32-41)54-46-30-39-14-4-5-21-47(39)49(34-46)40-26-25-37-16-8-24-52(50(37)31-40)56-44-20-10-19-43(33-44)55-51-23-7-15-36-12-3-6-22-48(36)51/h1-34,53-56H. The van der Waals surface area contributed by atoms with Gasteiger partial charge in [-0.2, -0.15) is 0 Å². The minimum atomic E-state index is 1.01. The van der Waals surface area contributed by atoms with Gasteiger partial charge in [0, 0.05) is 56.3 Å². The van der Waals surface area contributed by atoms with E-state index in [-0.39, 0.29) is 0 Å². The van der Waals surface area contributed by atoms with E-state index in [1.54, 1.807) is 0 Å². The fourth-order valence-corrected chi connectivity index (χ4v) is 7.77. The molecule has 4 N–H and O–H groups in total. The number of anilines is 8. The van der Waals surface area contributed by atoms with Gasteiger partial charge >= 0.3 is 0 Å². The number of benzene rings is 10. The minimum absolute atomic E-state index is 1.01. The van der Waals surface area contributed by atoms with Crippen LogP contribution >= 0.6 is 0 Å². The third kappa shape index (κ3) is 6.72. The third-order valence-electron chi connectivity index (χ3n) is 10.5. The van der Waals surface area contributed by atoms with Crippen molar-refractivity contribution in [1.82, 2.24) is 0 Å². The van der Waals surface area contributed by atoms with E-state index in [0.717, 1.165) is 56.4 Å². The second-order valence-electron chi connectivity index (χ2n) is 14.2. The molecule has 0 atom stereocenters. The van der Waals surface area contributed by atoms with Crippen LogP contribution in [-0.2, 0) is 0 Å². The Morgan fingerprint density at radius 3 is 1.45 bits per heavy atom. The van der Waals surface area contributed by atoms with Crippen molar-refractivity contribution in [3.05, 3.63) is 206 Å². The molecule has 0 amide bonds. The fourth-order valence-electron chi connectivity index (χ4n) is 7.77. The Labute approximate surface area is 326 Å². The summed E-state index contributed by atoms with van der Waals surface area (Å²) in [5, 5.41) is 24.3. The first-order valence-corrected chi connectivity index (χ1v) is 19.0. The Morgan fingerprint density at radius 1 is 0.232 bits per heavy atom. The maximum Gasteiger partial charge on any atom is 0.0464 e. The lowest BCUT2D eigenvalue weighted by atomic mass is 9.95. The third-order valence-corrected chi connectivity index (χ3v) is 10.5. The fraction of sp³-hybridized carbons (Fsp3) is 0. The van der Waals surface area contributed by atoms with Gasteiger partial charge in [-0.05, 0) is 122 Å². The van der Waals surface area contributed by atoms with Crippen molar-refractivity contribution in [2.75, 3.05) is 21.3 Å². The quantitative estimate of drug-likeness (QED) is 0.120. The van der Waals surface area contributed by atoms with Crippen LogP contribution in [0.25, 0.3) is 54.2 Å². The number of rotatable bonds is 9. The van der Waals surface area contributed by atoms with Crippen molar-refractivity contribution in [3.8, 4) is 11.1 Å². The molecule has 0 saturated carbocycles. The van der Waals surface area contributed by atoms with E-state index in [4.69, 9.17) is 0 Å². The van der Waals surface area contributed by atoms with E-state index in [2.05, 4.69) is 228 Å².